The van der Waals surface area contributed by atoms with Gasteiger partial charge in [0, 0.05) is 30.8 Å². The van der Waals surface area contributed by atoms with E-state index in [1.807, 2.05) is 0 Å². The van der Waals surface area contributed by atoms with Crippen LogP contribution in [0.2, 0.25) is 0 Å². The van der Waals surface area contributed by atoms with Crippen LogP contribution in [0.4, 0.5) is 5.69 Å². The summed E-state index contributed by atoms with van der Waals surface area (Å²) in [5.41, 5.74) is 2.41. The Balaban J connectivity index is 1.69. The second kappa shape index (κ2) is 5.39. The van der Waals surface area contributed by atoms with Crippen LogP contribution in [0, 0.1) is 0 Å². The van der Waals surface area contributed by atoms with Crippen LogP contribution in [-0.4, -0.2) is 31.9 Å². The Morgan fingerprint density at radius 2 is 2.32 bits per heavy atom. The Hall–Kier alpha value is -1.26. The minimum absolute atomic E-state index is 0.0864. The standard InChI is InChI=1S/C15H22N2O2/c1-15(6-3-8-18-11-15)17-10-12-4-2-5-13-14(12)19-9-7-16-13/h2,4-5,16-17H,3,6-11H2,1H3. The molecular formula is C15H22N2O2. The molecule has 1 aromatic carbocycles. The summed E-state index contributed by atoms with van der Waals surface area (Å²) in [6, 6.07) is 6.28. The number of anilines is 1. The second-order valence-corrected chi connectivity index (χ2v) is 5.64. The van der Waals surface area contributed by atoms with Crippen LogP contribution in [0.1, 0.15) is 25.3 Å². The number of hydrogen-bond donors (Lipinski definition) is 2. The van der Waals surface area contributed by atoms with Gasteiger partial charge in [-0.05, 0) is 25.8 Å². The lowest BCUT2D eigenvalue weighted by molar-refractivity contribution is 0.0277. The number of para-hydroxylation sites is 1. The minimum atomic E-state index is 0.0864. The van der Waals surface area contributed by atoms with Crippen LogP contribution < -0.4 is 15.4 Å². The Morgan fingerprint density at radius 3 is 3.16 bits per heavy atom. The molecule has 1 saturated heterocycles. The van der Waals surface area contributed by atoms with E-state index < -0.39 is 0 Å². The van der Waals surface area contributed by atoms with Gasteiger partial charge in [0.05, 0.1) is 12.3 Å². The van der Waals surface area contributed by atoms with Crippen molar-refractivity contribution in [1.82, 2.24) is 5.32 Å². The van der Waals surface area contributed by atoms with Crippen LogP contribution in [-0.2, 0) is 11.3 Å². The Bertz CT molecular complexity index is 442. The van der Waals surface area contributed by atoms with Crippen molar-refractivity contribution >= 4 is 5.69 Å². The van der Waals surface area contributed by atoms with E-state index in [1.165, 1.54) is 12.0 Å². The van der Waals surface area contributed by atoms with Gasteiger partial charge >= 0.3 is 0 Å². The maximum Gasteiger partial charge on any atom is 0.146 e. The van der Waals surface area contributed by atoms with E-state index in [0.29, 0.717) is 0 Å². The average molecular weight is 262 g/mol. The summed E-state index contributed by atoms with van der Waals surface area (Å²) in [4.78, 5) is 0. The van der Waals surface area contributed by atoms with Gasteiger partial charge < -0.3 is 20.1 Å². The topological polar surface area (TPSA) is 42.5 Å². The molecule has 1 unspecified atom stereocenters. The monoisotopic (exact) mass is 262 g/mol. The highest BCUT2D eigenvalue weighted by molar-refractivity contribution is 5.61. The van der Waals surface area contributed by atoms with E-state index in [2.05, 4.69) is 35.8 Å². The highest BCUT2D eigenvalue weighted by Crippen LogP contribution is 2.31. The van der Waals surface area contributed by atoms with Crippen molar-refractivity contribution in [3.63, 3.8) is 0 Å². The molecule has 1 atom stereocenters. The molecule has 4 nitrogen and oxygen atoms in total. The van der Waals surface area contributed by atoms with Gasteiger partial charge in [0.2, 0.25) is 0 Å². The molecule has 0 aromatic heterocycles. The smallest absolute Gasteiger partial charge is 0.146 e. The molecule has 2 aliphatic heterocycles. The fourth-order valence-electron chi connectivity index (χ4n) is 2.75. The molecule has 0 bridgehead atoms. The van der Waals surface area contributed by atoms with Gasteiger partial charge in [0.15, 0.2) is 0 Å². The zero-order valence-corrected chi connectivity index (χ0v) is 11.5. The van der Waals surface area contributed by atoms with E-state index in [0.717, 1.165) is 50.8 Å². The third-order valence-electron chi connectivity index (χ3n) is 3.90. The van der Waals surface area contributed by atoms with Crippen LogP contribution in [0.15, 0.2) is 18.2 Å². The molecule has 4 heteroatoms. The maximum atomic E-state index is 5.79. The van der Waals surface area contributed by atoms with Crippen LogP contribution in [0.5, 0.6) is 5.75 Å². The summed E-state index contributed by atoms with van der Waals surface area (Å²) in [6.45, 7) is 6.37. The number of rotatable bonds is 3. The van der Waals surface area contributed by atoms with E-state index in [1.54, 1.807) is 0 Å². The second-order valence-electron chi connectivity index (χ2n) is 5.64. The first-order valence-corrected chi connectivity index (χ1v) is 7.08. The van der Waals surface area contributed by atoms with Gasteiger partial charge in [0.25, 0.3) is 0 Å². The van der Waals surface area contributed by atoms with Crippen molar-refractivity contribution in [3.05, 3.63) is 23.8 Å². The molecule has 1 fully saturated rings. The molecule has 104 valence electrons. The van der Waals surface area contributed by atoms with Crippen LogP contribution in [0.3, 0.4) is 0 Å². The predicted octanol–water partition coefficient (Wildman–Crippen LogP) is 2.15. The lowest BCUT2D eigenvalue weighted by atomic mass is 9.94. The summed E-state index contributed by atoms with van der Waals surface area (Å²) in [5.74, 6) is 1.00. The van der Waals surface area contributed by atoms with Gasteiger partial charge in [-0.2, -0.15) is 0 Å². The van der Waals surface area contributed by atoms with Crippen molar-refractivity contribution in [2.24, 2.45) is 0 Å². The minimum Gasteiger partial charge on any atom is -0.489 e. The number of fused-ring (bicyclic) bond motifs is 1. The number of ether oxygens (including phenoxy) is 2. The molecule has 2 aliphatic rings. The molecule has 0 spiro atoms. The fourth-order valence-corrected chi connectivity index (χ4v) is 2.75. The molecular weight excluding hydrogens is 240 g/mol. The molecule has 0 aliphatic carbocycles. The molecule has 1 aromatic rings. The lowest BCUT2D eigenvalue weighted by Gasteiger charge is -2.35. The van der Waals surface area contributed by atoms with Crippen molar-refractivity contribution < 1.29 is 9.47 Å². The summed E-state index contributed by atoms with van der Waals surface area (Å²) < 4.78 is 11.4. The van der Waals surface area contributed by atoms with Gasteiger partial charge in [-0.1, -0.05) is 12.1 Å². The summed E-state index contributed by atoms with van der Waals surface area (Å²) in [7, 11) is 0. The molecule has 2 heterocycles. The van der Waals surface area contributed by atoms with E-state index >= 15 is 0 Å². The molecule has 3 rings (SSSR count). The first-order valence-electron chi connectivity index (χ1n) is 7.08. The predicted molar refractivity (Wildman–Crippen MR) is 75.7 cm³/mol. The highest BCUT2D eigenvalue weighted by atomic mass is 16.5. The quantitative estimate of drug-likeness (QED) is 0.876. The average Bonchev–Trinajstić information content (AvgIpc) is 2.46. The summed E-state index contributed by atoms with van der Waals surface area (Å²) in [6.07, 6.45) is 2.30. The lowest BCUT2D eigenvalue weighted by Crippen LogP contribution is -2.48. The molecule has 2 N–H and O–H groups in total. The Kier molecular flexibility index (Phi) is 3.62. The highest BCUT2D eigenvalue weighted by Gasteiger charge is 2.27. The fraction of sp³-hybridized carbons (Fsp3) is 0.600. The molecule has 0 saturated carbocycles. The number of hydrogen-bond acceptors (Lipinski definition) is 4. The van der Waals surface area contributed by atoms with Gasteiger partial charge in [0.1, 0.15) is 12.4 Å². The molecule has 0 amide bonds. The first kappa shape index (κ1) is 12.8. The van der Waals surface area contributed by atoms with Gasteiger partial charge in [-0.3, -0.25) is 0 Å². The molecule has 19 heavy (non-hydrogen) atoms. The van der Waals surface area contributed by atoms with Crippen LogP contribution in [0.25, 0.3) is 0 Å². The van der Waals surface area contributed by atoms with Crippen molar-refractivity contribution in [2.45, 2.75) is 31.8 Å². The van der Waals surface area contributed by atoms with Crippen LogP contribution >= 0.6 is 0 Å². The third-order valence-corrected chi connectivity index (χ3v) is 3.90. The normalized spacial score (nSPS) is 26.2. The molecule has 0 radical (unpaired) electrons. The maximum absolute atomic E-state index is 5.79. The van der Waals surface area contributed by atoms with Gasteiger partial charge in [-0.25, -0.2) is 0 Å². The SMILES string of the molecule is CC1(NCc2cccc3c2OCCN3)CCCOC1. The third kappa shape index (κ3) is 2.85. The van der Waals surface area contributed by atoms with Crippen molar-refractivity contribution in [1.29, 1.82) is 0 Å². The van der Waals surface area contributed by atoms with Gasteiger partial charge in [-0.15, -0.1) is 0 Å². The van der Waals surface area contributed by atoms with Crippen molar-refractivity contribution in [3.8, 4) is 5.75 Å². The van der Waals surface area contributed by atoms with E-state index in [4.69, 9.17) is 9.47 Å². The Morgan fingerprint density at radius 1 is 1.37 bits per heavy atom. The summed E-state index contributed by atoms with van der Waals surface area (Å²) >= 11 is 0. The van der Waals surface area contributed by atoms with Crippen molar-refractivity contribution in [2.75, 3.05) is 31.7 Å². The number of benzene rings is 1. The zero-order valence-electron chi connectivity index (χ0n) is 11.5. The largest absolute Gasteiger partial charge is 0.489 e. The first-order chi connectivity index (χ1) is 9.27. The van der Waals surface area contributed by atoms with E-state index in [9.17, 15) is 0 Å². The number of nitrogens with one attached hydrogen (secondary N) is 2. The van der Waals surface area contributed by atoms with E-state index in [-0.39, 0.29) is 5.54 Å². The summed E-state index contributed by atoms with van der Waals surface area (Å²) in [5, 5.41) is 7.00. The zero-order chi connectivity index (χ0) is 13.1. The Labute approximate surface area is 114 Å².